The molecule has 2 saturated heterocycles. The minimum absolute atomic E-state index is 0.0272. The monoisotopic (exact) mass is 597 g/mol. The molecular weight excluding hydrogens is 550 g/mol. The van der Waals surface area contributed by atoms with Gasteiger partial charge < -0.3 is 31.0 Å². The van der Waals surface area contributed by atoms with Crippen LogP contribution in [0.2, 0.25) is 0 Å². The van der Waals surface area contributed by atoms with Gasteiger partial charge in [-0.2, -0.15) is 0 Å². The van der Waals surface area contributed by atoms with Gasteiger partial charge in [0.15, 0.2) is 0 Å². The molecule has 11 heteroatoms. The Morgan fingerprint density at radius 2 is 1.72 bits per heavy atom. The molecule has 1 aromatic carbocycles. The smallest absolute Gasteiger partial charge is 0.246 e. The number of hydrogen-bond donors (Lipinski definition) is 4. The molecule has 2 aliphatic rings. The molecule has 0 radical (unpaired) electrons. The number of carbonyl (C=O) groups excluding carboxylic acids is 6. The molecule has 0 unspecified atom stereocenters. The number of amides is 5. The van der Waals surface area contributed by atoms with Gasteiger partial charge in [0, 0.05) is 31.3 Å². The normalized spacial score (nSPS) is 25.0. The van der Waals surface area contributed by atoms with Crippen LogP contribution in [0.4, 0.5) is 0 Å². The van der Waals surface area contributed by atoms with Crippen molar-refractivity contribution < 1.29 is 28.8 Å². The van der Waals surface area contributed by atoms with E-state index in [0.717, 1.165) is 17.4 Å². The molecule has 4 N–H and O–H groups in total. The van der Waals surface area contributed by atoms with E-state index in [9.17, 15) is 28.8 Å². The van der Waals surface area contributed by atoms with E-state index in [0.29, 0.717) is 38.6 Å². The van der Waals surface area contributed by atoms with E-state index < -0.39 is 41.4 Å². The molecule has 3 rings (SSSR count). The van der Waals surface area contributed by atoms with E-state index in [-0.39, 0.29) is 43.0 Å². The van der Waals surface area contributed by atoms with Crippen molar-refractivity contribution in [3.8, 4) is 0 Å². The minimum atomic E-state index is -1.33. The zero-order valence-corrected chi connectivity index (χ0v) is 26.1. The van der Waals surface area contributed by atoms with Crippen LogP contribution < -0.4 is 21.3 Å². The van der Waals surface area contributed by atoms with Gasteiger partial charge in [-0.3, -0.25) is 24.0 Å². The van der Waals surface area contributed by atoms with E-state index >= 15 is 0 Å². The van der Waals surface area contributed by atoms with Crippen molar-refractivity contribution in [3.63, 3.8) is 0 Å². The molecule has 0 bridgehead atoms. The fraction of sp³-hybridized carbons (Fsp3) is 0.625. The molecule has 0 spiro atoms. The Morgan fingerprint density at radius 1 is 1.05 bits per heavy atom. The van der Waals surface area contributed by atoms with Crippen molar-refractivity contribution in [2.24, 2.45) is 0 Å². The Bertz CT molecular complexity index is 1190. The van der Waals surface area contributed by atoms with Gasteiger partial charge in [-0.15, -0.1) is 0 Å². The number of nitrogens with one attached hydrogen (secondary N) is 4. The van der Waals surface area contributed by atoms with Crippen molar-refractivity contribution >= 4 is 35.8 Å². The van der Waals surface area contributed by atoms with Crippen molar-refractivity contribution in [2.45, 2.75) is 122 Å². The molecule has 43 heavy (non-hydrogen) atoms. The van der Waals surface area contributed by atoms with Gasteiger partial charge in [-0.05, 0) is 77.3 Å². The highest BCUT2D eigenvalue weighted by molar-refractivity contribution is 5.99. The first-order valence-electron chi connectivity index (χ1n) is 15.3. The van der Waals surface area contributed by atoms with Crippen LogP contribution in [0.5, 0.6) is 0 Å². The first-order chi connectivity index (χ1) is 20.3. The van der Waals surface area contributed by atoms with Gasteiger partial charge in [0.1, 0.15) is 30.0 Å². The van der Waals surface area contributed by atoms with Crippen LogP contribution in [-0.4, -0.2) is 76.5 Å². The average molecular weight is 598 g/mol. The maximum absolute atomic E-state index is 13.9. The van der Waals surface area contributed by atoms with Crippen molar-refractivity contribution in [3.05, 3.63) is 35.4 Å². The number of carbonyl (C=O) groups is 6. The third-order valence-electron chi connectivity index (χ3n) is 8.12. The number of nitrogens with zero attached hydrogens (tertiary/aromatic N) is 1. The Balaban J connectivity index is 1.82. The summed E-state index contributed by atoms with van der Waals surface area (Å²) in [6, 6.07) is 4.94. The minimum Gasteiger partial charge on any atom is -0.351 e. The molecule has 236 valence electrons. The number of rotatable bonds is 10. The first kappa shape index (κ1) is 33.7. The van der Waals surface area contributed by atoms with Crippen LogP contribution in [0.15, 0.2) is 24.3 Å². The molecule has 2 aliphatic heterocycles. The van der Waals surface area contributed by atoms with Gasteiger partial charge in [-0.25, -0.2) is 0 Å². The molecule has 11 nitrogen and oxygen atoms in total. The van der Waals surface area contributed by atoms with Crippen molar-refractivity contribution in [1.29, 1.82) is 0 Å². The topological polar surface area (TPSA) is 154 Å². The lowest BCUT2D eigenvalue weighted by atomic mass is 9.94. The summed E-state index contributed by atoms with van der Waals surface area (Å²) in [5.41, 5.74) is 0.161. The molecule has 0 saturated carbocycles. The molecule has 0 aromatic heterocycles. The van der Waals surface area contributed by atoms with Gasteiger partial charge in [0.05, 0.1) is 0 Å². The average Bonchev–Trinajstić information content (AvgIpc) is 3.44. The number of hydrogen-bond acceptors (Lipinski definition) is 6. The second kappa shape index (κ2) is 14.6. The molecule has 2 fully saturated rings. The summed E-state index contributed by atoms with van der Waals surface area (Å²) in [6.07, 6.45) is 4.08. The van der Waals surface area contributed by atoms with Crippen LogP contribution >= 0.6 is 0 Å². The SMILES string of the molecule is CC[C@]1(C)NC(=O)[C@H](CCCC=O)NC(=O)[C@H]2CCCN2C(=O)[C@H](Cc2ccc(CCC(=O)NC(C)(C)C)cc2)NC1=O. The Labute approximate surface area is 254 Å². The zero-order valence-electron chi connectivity index (χ0n) is 26.1. The maximum atomic E-state index is 13.9. The molecular formula is C32H47N5O6. The number of aldehydes is 1. The van der Waals surface area contributed by atoms with E-state index in [1.165, 1.54) is 4.90 Å². The summed E-state index contributed by atoms with van der Waals surface area (Å²) >= 11 is 0. The maximum Gasteiger partial charge on any atom is 0.246 e. The third kappa shape index (κ3) is 9.36. The Kier molecular flexibility index (Phi) is 11.5. The summed E-state index contributed by atoms with van der Waals surface area (Å²) in [7, 11) is 0. The van der Waals surface area contributed by atoms with Crippen LogP contribution in [0.1, 0.15) is 90.7 Å². The van der Waals surface area contributed by atoms with Crippen LogP contribution in [0.25, 0.3) is 0 Å². The van der Waals surface area contributed by atoms with E-state index in [1.54, 1.807) is 13.8 Å². The lowest BCUT2D eigenvalue weighted by Gasteiger charge is -2.35. The third-order valence-corrected chi connectivity index (χ3v) is 8.12. The molecule has 5 amide bonds. The van der Waals surface area contributed by atoms with Gasteiger partial charge >= 0.3 is 0 Å². The number of unbranched alkanes of at least 4 members (excludes halogenated alkanes) is 1. The summed E-state index contributed by atoms with van der Waals surface area (Å²) in [5.74, 6) is -1.78. The van der Waals surface area contributed by atoms with E-state index in [1.807, 2.05) is 45.0 Å². The predicted molar refractivity (Wildman–Crippen MR) is 162 cm³/mol. The van der Waals surface area contributed by atoms with Crippen molar-refractivity contribution in [1.82, 2.24) is 26.2 Å². The summed E-state index contributed by atoms with van der Waals surface area (Å²) in [4.78, 5) is 78.8. The van der Waals surface area contributed by atoms with E-state index in [2.05, 4.69) is 21.3 Å². The predicted octanol–water partition coefficient (Wildman–Crippen LogP) is 1.70. The summed E-state index contributed by atoms with van der Waals surface area (Å²) < 4.78 is 0. The standard InChI is InChI=1S/C32H47N5O6/c1-6-32(5)30(43)34-24(20-22-14-12-21(13-15-22)16-17-26(39)35-31(2,3)4)29(42)37-18-9-11-25(37)28(41)33-23(27(40)36-32)10-7-8-19-38/h12-15,19,23-25H,6-11,16-18,20H2,1-5H3,(H,33,41)(H,34,43)(H,35,39)(H,36,40)/t23-,24-,25+,32-/m0/s1. The van der Waals surface area contributed by atoms with Crippen LogP contribution in [0.3, 0.4) is 0 Å². The fourth-order valence-electron chi connectivity index (χ4n) is 5.44. The highest BCUT2D eigenvalue weighted by atomic mass is 16.2. The van der Waals surface area contributed by atoms with Crippen molar-refractivity contribution in [2.75, 3.05) is 6.54 Å². The Morgan fingerprint density at radius 3 is 2.35 bits per heavy atom. The molecule has 4 atom stereocenters. The number of benzene rings is 1. The second-order valence-corrected chi connectivity index (χ2v) is 12.9. The van der Waals surface area contributed by atoms with Crippen LogP contribution in [0, 0.1) is 0 Å². The van der Waals surface area contributed by atoms with Gasteiger partial charge in [0.2, 0.25) is 29.5 Å². The fourth-order valence-corrected chi connectivity index (χ4v) is 5.44. The highest BCUT2D eigenvalue weighted by Crippen LogP contribution is 2.22. The summed E-state index contributed by atoms with van der Waals surface area (Å²) in [5, 5.41) is 11.4. The quantitative estimate of drug-likeness (QED) is 0.238. The lowest BCUT2D eigenvalue weighted by Crippen LogP contribution is -2.65. The molecule has 1 aromatic rings. The van der Waals surface area contributed by atoms with Gasteiger partial charge in [0.25, 0.3) is 0 Å². The number of aryl methyl sites for hydroxylation is 1. The molecule has 2 heterocycles. The zero-order chi connectivity index (χ0) is 31.8. The second-order valence-electron chi connectivity index (χ2n) is 12.9. The van der Waals surface area contributed by atoms with E-state index in [4.69, 9.17) is 0 Å². The number of fused-ring (bicyclic) bond motifs is 1. The highest BCUT2D eigenvalue weighted by Gasteiger charge is 2.43. The Hall–Kier alpha value is -3.76. The largest absolute Gasteiger partial charge is 0.351 e. The van der Waals surface area contributed by atoms with Crippen LogP contribution in [-0.2, 0) is 41.6 Å². The lowest BCUT2D eigenvalue weighted by molar-refractivity contribution is -0.144. The molecule has 0 aliphatic carbocycles. The summed E-state index contributed by atoms with van der Waals surface area (Å²) in [6.45, 7) is 9.53. The van der Waals surface area contributed by atoms with Gasteiger partial charge in [-0.1, -0.05) is 31.2 Å². The first-order valence-corrected chi connectivity index (χ1v) is 15.3.